The molecule has 3 aromatic rings. The molecule has 3 rings (SSSR count). The molecular weight excluding hydrogens is 420 g/mol. The number of amides is 2. The lowest BCUT2D eigenvalue weighted by molar-refractivity contribution is 0.258. The number of urea groups is 1. The van der Waals surface area contributed by atoms with Crippen molar-refractivity contribution in [2.24, 2.45) is 0 Å². The third-order valence-corrected chi connectivity index (χ3v) is 5.70. The Bertz CT molecular complexity index is 1010. The van der Waals surface area contributed by atoms with Crippen LogP contribution in [0.3, 0.4) is 0 Å². The van der Waals surface area contributed by atoms with Gasteiger partial charge in [-0.15, -0.1) is 0 Å². The van der Waals surface area contributed by atoms with Gasteiger partial charge < -0.3 is 4.74 Å². The monoisotopic (exact) mass is 436 g/mol. The fraction of sp³-hybridized carbons (Fsp3) is 0.111. The molecule has 0 aliphatic carbocycles. The van der Waals surface area contributed by atoms with Crippen LogP contribution in [0.15, 0.2) is 59.6 Å². The Kier molecular flexibility index (Phi) is 6.63. The van der Waals surface area contributed by atoms with Crippen LogP contribution in [-0.4, -0.2) is 29.3 Å². The summed E-state index contributed by atoms with van der Waals surface area (Å²) in [4.78, 5) is 18.6. The maximum atomic E-state index is 12.5. The third-order valence-electron chi connectivity index (χ3n) is 3.62. The van der Waals surface area contributed by atoms with Crippen molar-refractivity contribution in [3.05, 3.63) is 59.8 Å². The maximum absolute atomic E-state index is 12.5. The van der Waals surface area contributed by atoms with Gasteiger partial charge in [0.15, 0.2) is 5.13 Å². The molecule has 0 fully saturated rings. The van der Waals surface area contributed by atoms with Crippen molar-refractivity contribution >= 4 is 50.8 Å². The Balaban J connectivity index is 1.66. The molecule has 2 N–H and O–H groups in total. The van der Waals surface area contributed by atoms with E-state index in [1.165, 1.54) is 22.4 Å². The van der Waals surface area contributed by atoms with E-state index in [-0.39, 0.29) is 6.03 Å². The number of carbonyl (C=O) groups is 1. The summed E-state index contributed by atoms with van der Waals surface area (Å²) in [7, 11) is 1.89. The average Bonchev–Trinajstić information content (AvgIpc) is 3.13. The van der Waals surface area contributed by atoms with Gasteiger partial charge >= 0.3 is 6.03 Å². The predicted molar refractivity (Wildman–Crippen MR) is 113 cm³/mol. The van der Waals surface area contributed by atoms with Crippen molar-refractivity contribution in [1.82, 2.24) is 9.71 Å². The number of halogens is 1. The number of hydrogen-bond acceptors (Lipinski definition) is 5. The topological polar surface area (TPSA) is 83.6 Å². The van der Waals surface area contributed by atoms with Gasteiger partial charge in [0, 0.05) is 17.8 Å². The Morgan fingerprint density at radius 1 is 1.25 bits per heavy atom. The molecule has 0 radical (unpaired) electrons. The molecule has 28 heavy (non-hydrogen) atoms. The number of hydrogen-bond donors (Lipinski definition) is 2. The van der Waals surface area contributed by atoms with Crippen LogP contribution >= 0.6 is 22.9 Å². The third kappa shape index (κ3) is 5.08. The van der Waals surface area contributed by atoms with Crippen LogP contribution in [-0.2, 0) is 11.0 Å². The lowest BCUT2D eigenvalue weighted by Crippen LogP contribution is -2.31. The standard InChI is InChI=1S/C18H17ClN4O3S2/c1-20-28(25)15-8-4-6-13(10-15)23(2)18(24)22-17-21-11-16(27-17)26-14-7-3-5-12(19)9-14/h3-11,20H,1-2H3,(H,21,22,24). The molecule has 0 spiro atoms. The molecule has 7 nitrogen and oxygen atoms in total. The molecule has 2 aromatic carbocycles. The minimum Gasteiger partial charge on any atom is -0.445 e. The van der Waals surface area contributed by atoms with Crippen molar-refractivity contribution in [2.45, 2.75) is 4.90 Å². The van der Waals surface area contributed by atoms with E-state index in [4.69, 9.17) is 16.3 Å². The number of carbonyl (C=O) groups excluding carboxylic acids is 1. The highest BCUT2D eigenvalue weighted by Crippen LogP contribution is 2.31. The molecule has 1 aromatic heterocycles. The minimum absolute atomic E-state index is 0.379. The predicted octanol–water partition coefficient (Wildman–Crippen LogP) is 4.50. The van der Waals surface area contributed by atoms with Gasteiger partial charge in [0.1, 0.15) is 16.7 Å². The van der Waals surface area contributed by atoms with Crippen molar-refractivity contribution in [1.29, 1.82) is 0 Å². The second-order valence-electron chi connectivity index (χ2n) is 5.50. The van der Waals surface area contributed by atoms with E-state index in [0.717, 1.165) is 0 Å². The molecule has 146 valence electrons. The van der Waals surface area contributed by atoms with Crippen LogP contribution < -0.4 is 19.7 Å². The summed E-state index contributed by atoms with van der Waals surface area (Å²) in [5.74, 6) is 0.584. The van der Waals surface area contributed by atoms with E-state index >= 15 is 0 Å². The lowest BCUT2D eigenvalue weighted by Gasteiger charge is -2.17. The van der Waals surface area contributed by atoms with Gasteiger partial charge in [-0.05, 0) is 43.4 Å². The van der Waals surface area contributed by atoms with Gasteiger partial charge in [-0.3, -0.25) is 10.2 Å². The minimum atomic E-state index is -1.33. The number of aromatic nitrogens is 1. The molecule has 1 unspecified atom stereocenters. The first kappa shape index (κ1) is 20.3. The lowest BCUT2D eigenvalue weighted by atomic mass is 10.3. The Morgan fingerprint density at radius 2 is 2.04 bits per heavy atom. The number of anilines is 2. The molecule has 0 bridgehead atoms. The van der Waals surface area contributed by atoms with E-state index in [2.05, 4.69) is 15.0 Å². The number of rotatable bonds is 6. The molecule has 2 amide bonds. The fourth-order valence-corrected chi connectivity index (χ4v) is 3.75. The van der Waals surface area contributed by atoms with E-state index in [1.807, 2.05) is 0 Å². The number of thiazole rings is 1. The van der Waals surface area contributed by atoms with Crippen molar-refractivity contribution in [3.63, 3.8) is 0 Å². The van der Waals surface area contributed by atoms with Crippen molar-refractivity contribution < 1.29 is 13.7 Å². The van der Waals surface area contributed by atoms with Crippen LogP contribution in [0.2, 0.25) is 5.02 Å². The molecule has 0 saturated heterocycles. The summed E-state index contributed by atoms with van der Waals surface area (Å²) in [6, 6.07) is 13.5. The van der Waals surface area contributed by atoms with Gasteiger partial charge in [-0.25, -0.2) is 18.7 Å². The first-order chi connectivity index (χ1) is 13.5. The summed E-state index contributed by atoms with van der Waals surface area (Å²) in [5, 5.41) is 4.20. The fourth-order valence-electron chi connectivity index (χ4n) is 2.23. The normalized spacial score (nSPS) is 11.7. The zero-order valence-electron chi connectivity index (χ0n) is 15.0. The quantitative estimate of drug-likeness (QED) is 0.596. The van der Waals surface area contributed by atoms with Gasteiger partial charge in [-0.1, -0.05) is 35.1 Å². The molecule has 0 aliphatic rings. The Hall–Kier alpha value is -2.46. The zero-order valence-corrected chi connectivity index (χ0v) is 17.4. The number of nitrogens with zero attached hydrogens (tertiary/aromatic N) is 2. The van der Waals surface area contributed by atoms with Crippen LogP contribution in [0.25, 0.3) is 0 Å². The van der Waals surface area contributed by atoms with E-state index in [0.29, 0.717) is 31.5 Å². The first-order valence-corrected chi connectivity index (χ1v) is 10.4. The summed E-state index contributed by atoms with van der Waals surface area (Å²) < 4.78 is 20.2. The van der Waals surface area contributed by atoms with E-state index in [9.17, 15) is 9.00 Å². The molecular formula is C18H17ClN4O3S2. The summed E-state index contributed by atoms with van der Waals surface area (Å²) in [5.41, 5.74) is 0.602. The van der Waals surface area contributed by atoms with E-state index in [1.54, 1.807) is 62.6 Å². The Labute approximate surface area is 173 Å². The first-order valence-electron chi connectivity index (χ1n) is 8.09. The van der Waals surface area contributed by atoms with Crippen LogP contribution in [0, 0.1) is 0 Å². The van der Waals surface area contributed by atoms with Crippen LogP contribution in [0.5, 0.6) is 10.8 Å². The smallest absolute Gasteiger partial charge is 0.327 e. The van der Waals surface area contributed by atoms with Gasteiger partial charge in [0.2, 0.25) is 5.06 Å². The molecule has 10 heteroatoms. The highest BCUT2D eigenvalue weighted by Gasteiger charge is 2.15. The largest absolute Gasteiger partial charge is 0.445 e. The zero-order chi connectivity index (χ0) is 20.1. The second-order valence-corrected chi connectivity index (χ2v) is 8.35. The highest BCUT2D eigenvalue weighted by atomic mass is 35.5. The van der Waals surface area contributed by atoms with Crippen LogP contribution in [0.4, 0.5) is 15.6 Å². The van der Waals surface area contributed by atoms with Gasteiger partial charge in [0.05, 0.1) is 11.1 Å². The van der Waals surface area contributed by atoms with Crippen molar-refractivity contribution in [2.75, 3.05) is 24.3 Å². The number of nitrogens with one attached hydrogen (secondary N) is 2. The molecule has 0 saturated carbocycles. The van der Waals surface area contributed by atoms with E-state index < -0.39 is 11.0 Å². The maximum Gasteiger partial charge on any atom is 0.327 e. The molecule has 1 heterocycles. The molecule has 0 aliphatic heterocycles. The number of ether oxygens (including phenoxy) is 1. The average molecular weight is 437 g/mol. The van der Waals surface area contributed by atoms with Crippen LogP contribution in [0.1, 0.15) is 0 Å². The second kappa shape index (κ2) is 9.16. The van der Waals surface area contributed by atoms with Crippen molar-refractivity contribution in [3.8, 4) is 10.8 Å². The number of benzene rings is 2. The molecule has 1 atom stereocenters. The van der Waals surface area contributed by atoms with Gasteiger partial charge in [-0.2, -0.15) is 0 Å². The summed E-state index contributed by atoms with van der Waals surface area (Å²) in [6.45, 7) is 0. The SMILES string of the molecule is CNS(=O)c1cccc(N(C)C(=O)Nc2ncc(Oc3cccc(Cl)c3)s2)c1. The summed E-state index contributed by atoms with van der Waals surface area (Å²) >= 11 is 7.13. The summed E-state index contributed by atoms with van der Waals surface area (Å²) in [6.07, 6.45) is 1.53. The highest BCUT2D eigenvalue weighted by molar-refractivity contribution is 7.83. The van der Waals surface area contributed by atoms with Gasteiger partial charge in [0.25, 0.3) is 0 Å². The Morgan fingerprint density at radius 3 is 2.79 bits per heavy atom.